The maximum atomic E-state index is 12.2. The van der Waals surface area contributed by atoms with E-state index >= 15 is 0 Å². The van der Waals surface area contributed by atoms with E-state index in [4.69, 9.17) is 9.88 Å². The molecule has 0 bridgehead atoms. The minimum absolute atomic E-state index is 0.0296. The molecule has 1 aliphatic rings. The molecule has 1 aliphatic heterocycles. The van der Waals surface area contributed by atoms with Crippen molar-refractivity contribution in [1.29, 1.82) is 0 Å². The second-order valence-electron chi connectivity index (χ2n) is 5.94. The van der Waals surface area contributed by atoms with Crippen LogP contribution in [0.3, 0.4) is 0 Å². The van der Waals surface area contributed by atoms with E-state index < -0.39 is 10.0 Å². The topological polar surface area (TPSA) is 102 Å². The first-order valence-electron chi connectivity index (χ1n) is 7.49. The number of carbonyl (C=O) groups is 1. The summed E-state index contributed by atoms with van der Waals surface area (Å²) in [5, 5.41) is 7.87. The summed E-state index contributed by atoms with van der Waals surface area (Å²) in [5.41, 5.74) is 1.52. The van der Waals surface area contributed by atoms with Gasteiger partial charge in [-0.3, -0.25) is 0 Å². The second kappa shape index (κ2) is 7.29. The molecule has 0 aromatic heterocycles. The molecule has 23 heavy (non-hydrogen) atoms. The summed E-state index contributed by atoms with van der Waals surface area (Å²) in [6.07, 6.45) is 0.0593. The molecule has 0 saturated carbocycles. The van der Waals surface area contributed by atoms with Crippen LogP contribution in [0.2, 0.25) is 0 Å². The number of nitrogens with zero attached hydrogens (tertiary/aromatic N) is 1. The van der Waals surface area contributed by atoms with Gasteiger partial charge in [-0.1, -0.05) is 24.3 Å². The van der Waals surface area contributed by atoms with E-state index in [-0.39, 0.29) is 24.0 Å². The Balaban J connectivity index is 1.87. The number of nitrogens with two attached hydrogens (primary N) is 1. The molecular formula is C15H23N3O4S. The SMILES string of the molecule is C[C@@H]1CN(C(=O)NCc2ccc(CS(N)(=O)=O)cc2)C[C@@H](C)O1. The fourth-order valence-corrected chi connectivity index (χ4v) is 3.28. The quantitative estimate of drug-likeness (QED) is 0.845. The highest BCUT2D eigenvalue weighted by Gasteiger charge is 2.25. The van der Waals surface area contributed by atoms with E-state index in [0.29, 0.717) is 25.2 Å². The van der Waals surface area contributed by atoms with Gasteiger partial charge in [0.25, 0.3) is 0 Å². The molecular weight excluding hydrogens is 318 g/mol. The molecule has 3 N–H and O–H groups in total. The maximum absolute atomic E-state index is 12.2. The Bertz CT molecular complexity index is 635. The summed E-state index contributed by atoms with van der Waals surface area (Å²) in [7, 11) is -3.53. The predicted molar refractivity (Wildman–Crippen MR) is 87.1 cm³/mol. The van der Waals surface area contributed by atoms with Gasteiger partial charge in [0, 0.05) is 19.6 Å². The summed E-state index contributed by atoms with van der Waals surface area (Å²) in [5.74, 6) is -0.191. The Morgan fingerprint density at radius 1 is 1.22 bits per heavy atom. The van der Waals surface area contributed by atoms with Crippen molar-refractivity contribution in [2.24, 2.45) is 5.14 Å². The minimum atomic E-state index is -3.53. The minimum Gasteiger partial charge on any atom is -0.372 e. The molecule has 7 nitrogen and oxygen atoms in total. The van der Waals surface area contributed by atoms with Crippen molar-refractivity contribution in [2.75, 3.05) is 13.1 Å². The van der Waals surface area contributed by atoms with Gasteiger partial charge in [0.15, 0.2) is 0 Å². The molecule has 8 heteroatoms. The zero-order valence-corrected chi connectivity index (χ0v) is 14.2. The average Bonchev–Trinajstić information content (AvgIpc) is 2.43. The zero-order chi connectivity index (χ0) is 17.0. The number of benzene rings is 1. The lowest BCUT2D eigenvalue weighted by Gasteiger charge is -2.35. The molecule has 2 rings (SSSR count). The Kier molecular flexibility index (Phi) is 5.61. The van der Waals surface area contributed by atoms with Gasteiger partial charge in [-0.15, -0.1) is 0 Å². The third-order valence-electron chi connectivity index (χ3n) is 3.54. The Labute approximate surface area is 136 Å². The fraction of sp³-hybridized carbons (Fsp3) is 0.533. The first-order valence-corrected chi connectivity index (χ1v) is 9.21. The molecule has 1 aromatic carbocycles. The van der Waals surface area contributed by atoms with Gasteiger partial charge >= 0.3 is 6.03 Å². The van der Waals surface area contributed by atoms with Crippen LogP contribution in [0, 0.1) is 0 Å². The molecule has 1 saturated heterocycles. The van der Waals surface area contributed by atoms with Crippen LogP contribution in [0.1, 0.15) is 25.0 Å². The summed E-state index contributed by atoms with van der Waals surface area (Å²) in [6, 6.07) is 6.84. The van der Waals surface area contributed by atoms with Crippen LogP contribution < -0.4 is 10.5 Å². The van der Waals surface area contributed by atoms with Crippen LogP contribution in [0.4, 0.5) is 4.79 Å². The number of hydrogen-bond acceptors (Lipinski definition) is 4. The Morgan fingerprint density at radius 2 is 1.74 bits per heavy atom. The highest BCUT2D eigenvalue weighted by Crippen LogP contribution is 2.11. The predicted octanol–water partition coefficient (Wildman–Crippen LogP) is 0.794. The van der Waals surface area contributed by atoms with E-state index in [1.54, 1.807) is 29.2 Å². The van der Waals surface area contributed by atoms with Crippen molar-refractivity contribution >= 4 is 16.1 Å². The van der Waals surface area contributed by atoms with E-state index in [9.17, 15) is 13.2 Å². The molecule has 0 aliphatic carbocycles. The van der Waals surface area contributed by atoms with Crippen molar-refractivity contribution in [3.63, 3.8) is 0 Å². The van der Waals surface area contributed by atoms with Gasteiger partial charge in [-0.05, 0) is 25.0 Å². The van der Waals surface area contributed by atoms with E-state index in [0.717, 1.165) is 5.56 Å². The largest absolute Gasteiger partial charge is 0.372 e. The zero-order valence-electron chi connectivity index (χ0n) is 13.4. The smallest absolute Gasteiger partial charge is 0.317 e. The fourth-order valence-electron chi connectivity index (χ4n) is 2.62. The summed E-state index contributed by atoms with van der Waals surface area (Å²) in [4.78, 5) is 13.9. The van der Waals surface area contributed by atoms with Gasteiger partial charge in [0.05, 0.1) is 18.0 Å². The van der Waals surface area contributed by atoms with Crippen molar-refractivity contribution in [1.82, 2.24) is 10.2 Å². The number of hydrogen-bond donors (Lipinski definition) is 2. The van der Waals surface area contributed by atoms with Crippen molar-refractivity contribution in [2.45, 2.75) is 38.4 Å². The lowest BCUT2D eigenvalue weighted by Crippen LogP contribution is -2.51. The molecule has 2 atom stereocenters. The molecule has 0 unspecified atom stereocenters. The third-order valence-corrected chi connectivity index (χ3v) is 4.28. The average molecular weight is 341 g/mol. The highest BCUT2D eigenvalue weighted by atomic mass is 32.2. The van der Waals surface area contributed by atoms with Crippen LogP contribution in [-0.4, -0.2) is 44.6 Å². The van der Waals surface area contributed by atoms with Crippen molar-refractivity contribution < 1.29 is 17.9 Å². The number of rotatable bonds is 4. The number of primary sulfonamides is 1. The van der Waals surface area contributed by atoms with Crippen LogP contribution in [0.25, 0.3) is 0 Å². The number of carbonyl (C=O) groups excluding carboxylic acids is 1. The van der Waals surface area contributed by atoms with E-state index in [2.05, 4.69) is 5.32 Å². The second-order valence-corrected chi connectivity index (χ2v) is 7.56. The van der Waals surface area contributed by atoms with Gasteiger partial charge in [-0.2, -0.15) is 0 Å². The Hall–Kier alpha value is -1.64. The first-order chi connectivity index (χ1) is 10.7. The van der Waals surface area contributed by atoms with Crippen LogP contribution in [-0.2, 0) is 27.1 Å². The van der Waals surface area contributed by atoms with Gasteiger partial charge < -0.3 is 15.0 Å². The standard InChI is InChI=1S/C15H23N3O4S/c1-11-8-18(9-12(2)22-11)15(19)17-7-13-3-5-14(6-4-13)10-23(16,20)21/h3-6,11-12H,7-10H2,1-2H3,(H,17,19)(H2,16,20,21)/t11-,12-/m1/s1. The van der Waals surface area contributed by atoms with Gasteiger partial charge in [0.1, 0.15) is 0 Å². The number of ether oxygens (including phenoxy) is 1. The molecule has 0 radical (unpaired) electrons. The monoisotopic (exact) mass is 341 g/mol. The van der Waals surface area contributed by atoms with Gasteiger partial charge in [-0.25, -0.2) is 18.4 Å². The number of urea groups is 1. The number of nitrogens with one attached hydrogen (secondary N) is 1. The van der Waals surface area contributed by atoms with Gasteiger partial charge in [0.2, 0.25) is 10.0 Å². The van der Waals surface area contributed by atoms with Crippen LogP contribution in [0.5, 0.6) is 0 Å². The lowest BCUT2D eigenvalue weighted by molar-refractivity contribution is -0.0545. The summed E-state index contributed by atoms with van der Waals surface area (Å²) >= 11 is 0. The van der Waals surface area contributed by atoms with Crippen molar-refractivity contribution in [3.05, 3.63) is 35.4 Å². The molecule has 128 valence electrons. The molecule has 1 aromatic rings. The molecule has 2 amide bonds. The normalized spacial score (nSPS) is 22.0. The van der Waals surface area contributed by atoms with E-state index in [1.165, 1.54) is 0 Å². The molecule has 0 spiro atoms. The first kappa shape index (κ1) is 17.7. The van der Waals surface area contributed by atoms with Crippen LogP contribution in [0.15, 0.2) is 24.3 Å². The van der Waals surface area contributed by atoms with Crippen molar-refractivity contribution in [3.8, 4) is 0 Å². The lowest BCUT2D eigenvalue weighted by atomic mass is 10.1. The van der Waals surface area contributed by atoms with Crippen LogP contribution >= 0.6 is 0 Å². The summed E-state index contributed by atoms with van der Waals surface area (Å²) in [6.45, 7) is 5.42. The highest BCUT2D eigenvalue weighted by molar-refractivity contribution is 7.88. The Morgan fingerprint density at radius 3 is 2.26 bits per heavy atom. The number of amides is 2. The molecule has 1 fully saturated rings. The third kappa shape index (κ3) is 5.81. The van der Waals surface area contributed by atoms with E-state index in [1.807, 2.05) is 13.8 Å². The maximum Gasteiger partial charge on any atom is 0.317 e. The number of morpholine rings is 1. The summed E-state index contributed by atoms with van der Waals surface area (Å²) < 4.78 is 27.7. The molecule has 1 heterocycles. The number of sulfonamides is 1.